The van der Waals surface area contributed by atoms with Crippen molar-refractivity contribution < 1.29 is 5.11 Å². The van der Waals surface area contributed by atoms with Crippen molar-refractivity contribution in [1.82, 2.24) is 10.3 Å². The van der Waals surface area contributed by atoms with Crippen LogP contribution in [0.5, 0.6) is 0 Å². The smallest absolute Gasteiger partial charge is 0.0434 e. The summed E-state index contributed by atoms with van der Waals surface area (Å²) >= 11 is 0. The maximum Gasteiger partial charge on any atom is 0.0434 e. The lowest BCUT2D eigenvalue weighted by atomic mass is 10.0. The Balaban J connectivity index is 1.98. The van der Waals surface area contributed by atoms with Gasteiger partial charge in [0.1, 0.15) is 0 Å². The lowest BCUT2D eigenvalue weighted by Gasteiger charge is -2.15. The SMILES string of the molecule is CCC(CCO)CNCc1cccc2cnccc12. The third kappa shape index (κ3) is 3.75. The van der Waals surface area contributed by atoms with E-state index in [2.05, 4.69) is 41.5 Å². The molecule has 0 bridgehead atoms. The molecular weight excluding hydrogens is 236 g/mol. The Bertz CT molecular complexity index is 508. The van der Waals surface area contributed by atoms with Crippen LogP contribution in [0.15, 0.2) is 36.7 Å². The van der Waals surface area contributed by atoms with Crippen molar-refractivity contribution in [3.8, 4) is 0 Å². The van der Waals surface area contributed by atoms with E-state index in [0.717, 1.165) is 25.9 Å². The lowest BCUT2D eigenvalue weighted by Crippen LogP contribution is -2.23. The highest BCUT2D eigenvalue weighted by Crippen LogP contribution is 2.17. The van der Waals surface area contributed by atoms with E-state index in [1.165, 1.54) is 16.3 Å². The molecule has 0 aliphatic heterocycles. The summed E-state index contributed by atoms with van der Waals surface area (Å²) in [5, 5.41) is 14.9. The van der Waals surface area contributed by atoms with Crippen LogP contribution in [-0.2, 0) is 6.54 Å². The predicted octanol–water partition coefficient (Wildman–Crippen LogP) is 2.73. The first-order valence-electron chi connectivity index (χ1n) is 6.98. The molecule has 1 aromatic carbocycles. The van der Waals surface area contributed by atoms with Crippen LogP contribution in [0.3, 0.4) is 0 Å². The van der Waals surface area contributed by atoms with Crippen molar-refractivity contribution in [1.29, 1.82) is 0 Å². The Morgan fingerprint density at radius 1 is 1.32 bits per heavy atom. The Labute approximate surface area is 114 Å². The van der Waals surface area contributed by atoms with Gasteiger partial charge in [-0.3, -0.25) is 4.98 Å². The Kier molecular flexibility index (Phi) is 5.31. The molecule has 102 valence electrons. The van der Waals surface area contributed by atoms with Gasteiger partial charge in [-0.05, 0) is 35.9 Å². The fraction of sp³-hybridized carbons (Fsp3) is 0.438. The third-order valence-corrected chi connectivity index (χ3v) is 3.63. The molecule has 3 heteroatoms. The molecule has 1 aromatic heterocycles. The van der Waals surface area contributed by atoms with Gasteiger partial charge >= 0.3 is 0 Å². The van der Waals surface area contributed by atoms with Gasteiger partial charge in [0, 0.05) is 30.9 Å². The molecule has 0 aliphatic carbocycles. The van der Waals surface area contributed by atoms with Crippen molar-refractivity contribution in [3.63, 3.8) is 0 Å². The van der Waals surface area contributed by atoms with Crippen molar-refractivity contribution in [2.75, 3.05) is 13.2 Å². The molecule has 2 aromatic rings. The fourth-order valence-electron chi connectivity index (χ4n) is 2.39. The van der Waals surface area contributed by atoms with Crippen LogP contribution in [0, 0.1) is 5.92 Å². The molecule has 0 amide bonds. The second-order valence-corrected chi connectivity index (χ2v) is 4.93. The normalized spacial score (nSPS) is 12.7. The molecule has 0 radical (unpaired) electrons. The molecule has 0 spiro atoms. The quantitative estimate of drug-likeness (QED) is 0.802. The minimum absolute atomic E-state index is 0.278. The topological polar surface area (TPSA) is 45.1 Å². The number of nitrogens with one attached hydrogen (secondary N) is 1. The highest BCUT2D eigenvalue weighted by atomic mass is 16.3. The number of rotatable bonds is 7. The van der Waals surface area contributed by atoms with Crippen molar-refractivity contribution in [2.45, 2.75) is 26.3 Å². The monoisotopic (exact) mass is 258 g/mol. The number of nitrogens with zero attached hydrogens (tertiary/aromatic N) is 1. The van der Waals surface area contributed by atoms with Crippen molar-refractivity contribution in [2.24, 2.45) is 5.92 Å². The summed E-state index contributed by atoms with van der Waals surface area (Å²) < 4.78 is 0. The average molecular weight is 258 g/mol. The van der Waals surface area contributed by atoms with Crippen molar-refractivity contribution >= 4 is 10.8 Å². The summed E-state index contributed by atoms with van der Waals surface area (Å²) in [4.78, 5) is 4.15. The van der Waals surface area contributed by atoms with E-state index >= 15 is 0 Å². The molecule has 3 nitrogen and oxygen atoms in total. The minimum atomic E-state index is 0.278. The minimum Gasteiger partial charge on any atom is -0.396 e. The molecule has 0 aliphatic rings. The highest BCUT2D eigenvalue weighted by molar-refractivity contribution is 5.84. The summed E-state index contributed by atoms with van der Waals surface area (Å²) in [6.45, 7) is 4.27. The summed E-state index contributed by atoms with van der Waals surface area (Å²) in [6.07, 6.45) is 5.72. The number of fused-ring (bicyclic) bond motifs is 1. The molecule has 2 rings (SSSR count). The predicted molar refractivity (Wildman–Crippen MR) is 78.9 cm³/mol. The van der Waals surface area contributed by atoms with E-state index in [0.29, 0.717) is 5.92 Å². The standard InChI is InChI=1S/C16H22N2O/c1-2-13(7-9-19)10-18-12-15-5-3-4-14-11-17-8-6-16(14)15/h3-6,8,11,13,18-19H,2,7,9-10,12H2,1H3. The number of aliphatic hydroxyl groups excluding tert-OH is 1. The van der Waals surface area contributed by atoms with Crippen LogP contribution in [0.1, 0.15) is 25.3 Å². The summed E-state index contributed by atoms with van der Waals surface area (Å²) in [5.74, 6) is 0.557. The first-order valence-corrected chi connectivity index (χ1v) is 6.98. The molecular formula is C16H22N2O. The van der Waals surface area contributed by atoms with Gasteiger partial charge in [-0.2, -0.15) is 0 Å². The second kappa shape index (κ2) is 7.22. The molecule has 0 fully saturated rings. The van der Waals surface area contributed by atoms with Gasteiger partial charge < -0.3 is 10.4 Å². The van der Waals surface area contributed by atoms with E-state index in [4.69, 9.17) is 5.11 Å². The van der Waals surface area contributed by atoms with Gasteiger partial charge in [0.15, 0.2) is 0 Å². The van der Waals surface area contributed by atoms with Gasteiger partial charge in [0.2, 0.25) is 0 Å². The number of aliphatic hydroxyl groups is 1. The van der Waals surface area contributed by atoms with Gasteiger partial charge in [0.05, 0.1) is 0 Å². The van der Waals surface area contributed by atoms with Gasteiger partial charge in [-0.1, -0.05) is 31.5 Å². The largest absolute Gasteiger partial charge is 0.396 e. The maximum absolute atomic E-state index is 8.99. The van der Waals surface area contributed by atoms with Crippen LogP contribution in [0.25, 0.3) is 10.8 Å². The summed E-state index contributed by atoms with van der Waals surface area (Å²) in [6, 6.07) is 8.39. The summed E-state index contributed by atoms with van der Waals surface area (Å²) in [7, 11) is 0. The average Bonchev–Trinajstić information content (AvgIpc) is 2.46. The van der Waals surface area contributed by atoms with E-state index < -0.39 is 0 Å². The van der Waals surface area contributed by atoms with Gasteiger partial charge in [0.25, 0.3) is 0 Å². The number of aromatic nitrogens is 1. The van der Waals surface area contributed by atoms with Crippen LogP contribution in [-0.4, -0.2) is 23.2 Å². The number of hydrogen-bond acceptors (Lipinski definition) is 3. The molecule has 0 saturated heterocycles. The summed E-state index contributed by atoms with van der Waals surface area (Å²) in [5.41, 5.74) is 1.30. The third-order valence-electron chi connectivity index (χ3n) is 3.63. The Morgan fingerprint density at radius 2 is 2.21 bits per heavy atom. The first kappa shape index (κ1) is 14.0. The van der Waals surface area contributed by atoms with Gasteiger partial charge in [-0.15, -0.1) is 0 Å². The fourth-order valence-corrected chi connectivity index (χ4v) is 2.39. The molecule has 19 heavy (non-hydrogen) atoms. The van der Waals surface area contributed by atoms with E-state index in [1.54, 1.807) is 0 Å². The number of benzene rings is 1. The van der Waals surface area contributed by atoms with Crippen LogP contribution in [0.4, 0.5) is 0 Å². The Morgan fingerprint density at radius 3 is 3.00 bits per heavy atom. The molecule has 0 saturated carbocycles. The number of hydrogen-bond donors (Lipinski definition) is 2. The zero-order valence-corrected chi connectivity index (χ0v) is 11.5. The zero-order valence-electron chi connectivity index (χ0n) is 11.5. The van der Waals surface area contributed by atoms with E-state index in [9.17, 15) is 0 Å². The molecule has 1 atom stereocenters. The van der Waals surface area contributed by atoms with Crippen LogP contribution >= 0.6 is 0 Å². The lowest BCUT2D eigenvalue weighted by molar-refractivity contribution is 0.251. The maximum atomic E-state index is 8.99. The van der Waals surface area contributed by atoms with Crippen LogP contribution in [0.2, 0.25) is 0 Å². The van der Waals surface area contributed by atoms with Gasteiger partial charge in [-0.25, -0.2) is 0 Å². The molecule has 1 heterocycles. The van der Waals surface area contributed by atoms with Crippen LogP contribution < -0.4 is 5.32 Å². The first-order chi connectivity index (χ1) is 9.35. The van der Waals surface area contributed by atoms with E-state index in [1.807, 2.05) is 12.4 Å². The number of pyridine rings is 1. The molecule has 2 N–H and O–H groups in total. The highest BCUT2D eigenvalue weighted by Gasteiger charge is 2.05. The Hall–Kier alpha value is -1.45. The second-order valence-electron chi connectivity index (χ2n) is 4.93. The van der Waals surface area contributed by atoms with Crippen molar-refractivity contribution in [3.05, 3.63) is 42.2 Å². The molecule has 1 unspecified atom stereocenters. The zero-order chi connectivity index (χ0) is 13.5. The van der Waals surface area contributed by atoms with E-state index in [-0.39, 0.29) is 6.61 Å².